The van der Waals surface area contributed by atoms with Gasteiger partial charge < -0.3 is 74.0 Å². The van der Waals surface area contributed by atoms with Crippen molar-refractivity contribution in [2.75, 3.05) is 0 Å². The molecule has 164 valence electrons. The Morgan fingerprint density at radius 3 is 0.467 bits per heavy atom. The maximum atomic E-state index is 8.82. The second-order valence-electron chi connectivity index (χ2n) is 0.998. The molecule has 0 atom stereocenters. The molecule has 0 bridgehead atoms. The zero-order chi connectivity index (χ0) is 15.7. The van der Waals surface area contributed by atoms with Crippen LogP contribution in [-0.2, 0) is 19.2 Å². The number of hydrogen-bond acceptors (Lipinski definition) is 9. The average molecular weight is 2220 g/mol. The van der Waals surface area contributed by atoms with E-state index >= 15 is 0 Å². The smallest absolute Gasteiger partial charge is 0.569 e. The minimum Gasteiger partial charge on any atom is -0.569 e. The first-order valence-corrected chi connectivity index (χ1v) is 3.29. The van der Waals surface area contributed by atoms with Crippen LogP contribution in [-0.4, -0.2) is 29.4 Å². The average Bonchev–Trinajstić information content (AvgIpc) is 2.49. The summed E-state index contributed by atoms with van der Waals surface area (Å²) in [5.41, 5.74) is 0. The Morgan fingerprint density at radius 2 is 0.467 bits per heavy atom. The van der Waals surface area contributed by atoms with Gasteiger partial charge in [-0.15, -0.1) is 0 Å². The number of aliphatic imine (C=N–C) groups is 4. The van der Waals surface area contributed by atoms with E-state index in [9.17, 15) is 0 Å². The van der Waals surface area contributed by atoms with E-state index in [0.29, 0.717) is 0 Å². The first kappa shape index (κ1) is 124. The molecule has 0 aliphatic rings. The number of nitrogens with zero attached hydrogens (tertiary/aromatic N) is 4. The van der Waals surface area contributed by atoms with Gasteiger partial charge in [0.2, 0.25) is 0 Å². The molecule has 0 heterocycles. The molecule has 17 heteroatoms. The van der Waals surface area contributed by atoms with Gasteiger partial charge in [0.15, 0.2) is 0 Å². The van der Waals surface area contributed by atoms with Crippen molar-refractivity contribution in [1.82, 2.24) is 0 Å². The molecule has 0 saturated carbocycles. The monoisotopic (exact) mass is 2220 g/mol. The second-order valence-corrected chi connectivity index (χ2v) is 0.998. The summed E-state index contributed by atoms with van der Waals surface area (Å²) >= 11 is 0. The van der Waals surface area contributed by atoms with E-state index in [-0.39, 0.29) is 279 Å². The van der Waals surface area contributed by atoms with Crippen LogP contribution < -0.4 is 0 Å². The summed E-state index contributed by atoms with van der Waals surface area (Å²) in [5.74, 6) is 0. The van der Waals surface area contributed by atoms with Crippen molar-refractivity contribution < 1.29 is 273 Å². The topological polar surface area (TPSA) is 138 Å². The fraction of sp³-hybridized carbons (Fsp3) is 0. The summed E-state index contributed by atoms with van der Waals surface area (Å²) in [6, 6.07) is 0. The molecule has 0 aromatic heterocycles. The van der Waals surface area contributed by atoms with Crippen molar-refractivity contribution in [3.63, 3.8) is 0 Å². The summed E-state index contributed by atoms with van der Waals surface area (Å²) in [4.78, 5) is 46.0. The molecule has 0 amide bonds. The quantitative estimate of drug-likeness (QED) is 0.226. The van der Waals surface area contributed by atoms with Gasteiger partial charge in [0.25, 0.3) is 0 Å². The third-order valence-corrected chi connectivity index (χ3v) is 0.258. The third-order valence-electron chi connectivity index (χ3n) is 0.258. The predicted molar refractivity (Wildman–Crippen MR) is 86.9 cm³/mol. The molecule has 0 aliphatic carbocycles. The van der Waals surface area contributed by atoms with Crippen LogP contribution in [0.4, 0.5) is 0 Å². The summed E-state index contributed by atoms with van der Waals surface area (Å²) in [5, 5.41) is 6.75. The summed E-state index contributed by atoms with van der Waals surface area (Å²) in [6.45, 7) is 0. The molecule has 0 radical (unpaired) electrons. The molecular weight excluding hydrogens is 2200 g/mol. The van der Waals surface area contributed by atoms with E-state index in [1.54, 1.807) is 0 Å². The molecule has 9 nitrogen and oxygen atoms in total. The molecule has 0 aromatic carbocycles. The van der Waals surface area contributed by atoms with Gasteiger partial charge in [-0.05, 0) is 24.3 Å². The second kappa shape index (κ2) is 214. The molecule has 0 saturated heterocycles. The van der Waals surface area contributed by atoms with Gasteiger partial charge in [-0.2, -0.15) is 28.2 Å². The van der Waals surface area contributed by atoms with Gasteiger partial charge in [-0.1, -0.05) is 0 Å². The SMILES string of the molecule is [CH2-]N=C=O.[CH2-]N=C=O.[CH2-]N=C=O.[CH2-]N=C=O.[CH2-]O.[CH3-].[CH3-].[CH3-].[CH3-].[U+2].[U].[U].[U].[U].[U].[U].[U]. The number of rotatable bonds is 0. The maximum absolute atomic E-state index is 8.82. The van der Waals surface area contributed by atoms with Gasteiger partial charge in [0.1, 0.15) is 0 Å². The Morgan fingerprint density at radius 1 is 0.433 bits per heavy atom. The Hall–Kier alpha value is 5.38. The van der Waals surface area contributed by atoms with Crippen molar-refractivity contribution in [2.24, 2.45) is 20.0 Å². The number of hydrogen-bond donors (Lipinski definition) is 1. The molecule has 0 rings (SSSR count). The van der Waals surface area contributed by atoms with Gasteiger partial charge in [-0.25, -0.2) is 7.11 Å². The third kappa shape index (κ3) is 398. The van der Waals surface area contributed by atoms with Crippen molar-refractivity contribution in [1.29, 1.82) is 0 Å². The van der Waals surface area contributed by atoms with E-state index in [2.05, 4.69) is 55.3 Å². The minimum atomic E-state index is 0. The van der Waals surface area contributed by atoms with Crippen molar-refractivity contribution in [3.05, 3.63) is 65.0 Å². The molecule has 0 unspecified atom stereocenters. The van der Waals surface area contributed by atoms with Crippen LogP contribution >= 0.6 is 0 Å². The number of isocyanates is 4. The standard InChI is InChI=1S/4C2H2NO.CH3O.4CH3.8U/c4*1-3-2-4;1-2;;;;;;;;;;;;/h4*1H2;2H,1H2;4*1H3;;;;;;;;/q9*-1;;;;;;;;+2. The first-order chi connectivity index (χ1) is 8.66. The van der Waals surface area contributed by atoms with Crippen LogP contribution in [0.2, 0.25) is 0 Å². The fourth-order valence-corrected chi connectivity index (χ4v) is 0. The molecule has 1 N–H and O–H groups in total. The van der Waals surface area contributed by atoms with Crippen LogP contribution in [0.5, 0.6) is 0 Å². The van der Waals surface area contributed by atoms with E-state index in [4.69, 9.17) is 24.3 Å². The normalized spacial score (nSPS) is 2.33. The summed E-state index contributed by atoms with van der Waals surface area (Å²) < 4.78 is 0. The van der Waals surface area contributed by atoms with Crippen LogP contribution in [0, 0.1) is 314 Å². The van der Waals surface area contributed by atoms with E-state index in [1.807, 2.05) is 0 Å². The Bertz CT molecular complexity index is 271. The van der Waals surface area contributed by atoms with E-state index in [0.717, 1.165) is 0 Å². The molecule has 0 spiro atoms. The number of aliphatic hydroxyl groups is 1. The molecular formula is C13H23N4O5U8-7. The maximum Gasteiger partial charge on any atom is 2.00 e. The number of aliphatic hydroxyl groups excluding tert-OH is 1. The van der Waals surface area contributed by atoms with E-state index in [1.165, 1.54) is 24.3 Å². The molecule has 0 aromatic rings. The van der Waals surface area contributed by atoms with Crippen molar-refractivity contribution in [3.8, 4) is 0 Å². The van der Waals surface area contributed by atoms with Gasteiger partial charge >= 0.3 is 31.1 Å². The Balaban J connectivity index is -0.00000000431. The molecule has 0 fully saturated rings. The van der Waals surface area contributed by atoms with Gasteiger partial charge in [-0.3, -0.25) is 0 Å². The van der Waals surface area contributed by atoms with Crippen LogP contribution in [0.3, 0.4) is 0 Å². The zero-order valence-corrected chi connectivity index (χ0v) is 50.7. The van der Waals surface area contributed by atoms with Crippen LogP contribution in [0.25, 0.3) is 0 Å². The predicted octanol–water partition coefficient (Wildman–Crippen LogP) is 2.41. The summed E-state index contributed by atoms with van der Waals surface area (Å²) in [7, 11) is 13.5. The largest absolute Gasteiger partial charge is 2.00 e. The molecule has 30 heavy (non-hydrogen) atoms. The van der Waals surface area contributed by atoms with Gasteiger partial charge in [0, 0.05) is 218 Å². The Labute approximate surface area is 373 Å². The van der Waals surface area contributed by atoms with Crippen molar-refractivity contribution >= 4 is 24.3 Å². The van der Waals surface area contributed by atoms with Crippen LogP contribution in [0.15, 0.2) is 20.0 Å². The van der Waals surface area contributed by atoms with Crippen LogP contribution in [0.1, 0.15) is 0 Å². The Kier molecular flexibility index (Phi) is 883. The zero-order valence-electron chi connectivity index (χ0n) is 17.4. The fourth-order valence-electron chi connectivity index (χ4n) is 0. The number of carbonyl (C=O) groups excluding carboxylic acids is 4. The molecule has 0 aliphatic heterocycles. The van der Waals surface area contributed by atoms with Gasteiger partial charge in [0.05, 0.1) is 0 Å². The first-order valence-electron chi connectivity index (χ1n) is 3.29. The summed E-state index contributed by atoms with van der Waals surface area (Å²) in [6.07, 6.45) is 4.78. The van der Waals surface area contributed by atoms with Crippen molar-refractivity contribution in [2.45, 2.75) is 0 Å². The van der Waals surface area contributed by atoms with E-state index < -0.39 is 0 Å². The minimum absolute atomic E-state index is 0.